The SMILES string of the molecule is CCCCOC(=O)c1ccc(NC2=CC(=O)N(c3ccc(C(=O)OCCCC)cc3)C2=O)cc1. The minimum absolute atomic E-state index is 0.103. The van der Waals surface area contributed by atoms with Crippen LogP contribution in [0.5, 0.6) is 0 Å². The molecule has 8 nitrogen and oxygen atoms in total. The lowest BCUT2D eigenvalue weighted by Gasteiger charge is -2.16. The Morgan fingerprint density at radius 3 is 1.79 bits per heavy atom. The van der Waals surface area contributed by atoms with E-state index in [1.165, 1.54) is 30.3 Å². The molecule has 2 aromatic rings. The van der Waals surface area contributed by atoms with Crippen LogP contribution in [0.15, 0.2) is 60.3 Å². The summed E-state index contributed by atoms with van der Waals surface area (Å²) >= 11 is 0. The highest BCUT2D eigenvalue weighted by atomic mass is 16.5. The number of hydrogen-bond donors (Lipinski definition) is 1. The lowest BCUT2D eigenvalue weighted by Crippen LogP contribution is -2.31. The van der Waals surface area contributed by atoms with E-state index in [0.717, 1.165) is 30.6 Å². The Balaban J connectivity index is 1.61. The first-order valence-corrected chi connectivity index (χ1v) is 11.4. The molecule has 0 aromatic heterocycles. The van der Waals surface area contributed by atoms with Gasteiger partial charge in [-0.2, -0.15) is 0 Å². The van der Waals surface area contributed by atoms with Crippen LogP contribution in [0.25, 0.3) is 0 Å². The Bertz CT molecular complexity index is 1070. The quantitative estimate of drug-likeness (QED) is 0.297. The number of rotatable bonds is 11. The number of hydrogen-bond acceptors (Lipinski definition) is 7. The van der Waals surface area contributed by atoms with Gasteiger partial charge in [-0.05, 0) is 61.4 Å². The van der Waals surface area contributed by atoms with Crippen LogP contribution in [0.4, 0.5) is 11.4 Å². The van der Waals surface area contributed by atoms with Crippen molar-refractivity contribution in [3.63, 3.8) is 0 Å². The first-order chi connectivity index (χ1) is 16.4. The normalized spacial score (nSPS) is 13.0. The maximum absolute atomic E-state index is 12.8. The molecule has 0 saturated heterocycles. The van der Waals surface area contributed by atoms with Gasteiger partial charge >= 0.3 is 11.9 Å². The third-order valence-electron chi connectivity index (χ3n) is 5.14. The van der Waals surface area contributed by atoms with E-state index < -0.39 is 23.8 Å². The van der Waals surface area contributed by atoms with Crippen LogP contribution >= 0.6 is 0 Å². The van der Waals surface area contributed by atoms with Crippen molar-refractivity contribution in [1.82, 2.24) is 0 Å². The first kappa shape index (κ1) is 24.7. The van der Waals surface area contributed by atoms with E-state index in [4.69, 9.17) is 9.47 Å². The van der Waals surface area contributed by atoms with Crippen molar-refractivity contribution >= 4 is 35.1 Å². The summed E-state index contributed by atoms with van der Waals surface area (Å²) in [6.07, 6.45) is 4.66. The predicted octanol–water partition coefficient (Wildman–Crippen LogP) is 4.47. The first-order valence-electron chi connectivity index (χ1n) is 11.4. The van der Waals surface area contributed by atoms with Crippen LogP contribution in [0, 0.1) is 0 Å². The lowest BCUT2D eigenvalue weighted by atomic mass is 10.2. The van der Waals surface area contributed by atoms with E-state index in [1.54, 1.807) is 24.3 Å². The molecule has 1 aliphatic rings. The second-order valence-corrected chi connectivity index (χ2v) is 7.76. The maximum atomic E-state index is 12.8. The van der Waals surface area contributed by atoms with Crippen molar-refractivity contribution in [2.75, 3.05) is 23.4 Å². The molecule has 0 spiro atoms. The molecule has 0 unspecified atom stereocenters. The van der Waals surface area contributed by atoms with E-state index >= 15 is 0 Å². The molecule has 1 heterocycles. The molecule has 1 N–H and O–H groups in total. The molecule has 8 heteroatoms. The van der Waals surface area contributed by atoms with Crippen molar-refractivity contribution < 1.29 is 28.7 Å². The van der Waals surface area contributed by atoms with Crippen LogP contribution in [0.1, 0.15) is 60.2 Å². The van der Waals surface area contributed by atoms with Crippen molar-refractivity contribution in [3.8, 4) is 0 Å². The summed E-state index contributed by atoms with van der Waals surface area (Å²) < 4.78 is 10.3. The molecule has 0 aliphatic carbocycles. The Labute approximate surface area is 198 Å². The summed E-state index contributed by atoms with van der Waals surface area (Å²) in [5.74, 6) is -1.87. The third-order valence-corrected chi connectivity index (χ3v) is 5.14. The monoisotopic (exact) mass is 464 g/mol. The van der Waals surface area contributed by atoms with Crippen LogP contribution in [-0.4, -0.2) is 37.0 Å². The number of anilines is 2. The zero-order valence-corrected chi connectivity index (χ0v) is 19.3. The third kappa shape index (κ3) is 6.10. The average molecular weight is 465 g/mol. The standard InChI is InChI=1S/C26H28N2O6/c1-3-5-15-33-25(31)18-7-11-20(12-8-18)27-22-17-23(29)28(24(22)30)21-13-9-19(10-14-21)26(32)34-16-6-4-2/h7-14,17,27H,3-6,15-16H2,1-2H3. The van der Waals surface area contributed by atoms with Gasteiger partial charge < -0.3 is 14.8 Å². The van der Waals surface area contributed by atoms with Gasteiger partial charge in [-0.3, -0.25) is 9.59 Å². The fourth-order valence-corrected chi connectivity index (χ4v) is 3.18. The number of carbonyl (C=O) groups is 4. The molecule has 0 bridgehead atoms. The molecular weight excluding hydrogens is 436 g/mol. The molecule has 0 fully saturated rings. The number of carbonyl (C=O) groups excluding carboxylic acids is 4. The molecule has 178 valence electrons. The molecule has 0 radical (unpaired) electrons. The topological polar surface area (TPSA) is 102 Å². The zero-order chi connectivity index (χ0) is 24.5. The van der Waals surface area contributed by atoms with Crippen LogP contribution in [0.2, 0.25) is 0 Å². The van der Waals surface area contributed by atoms with Crippen LogP contribution in [-0.2, 0) is 19.1 Å². The second kappa shape index (κ2) is 11.8. The van der Waals surface area contributed by atoms with Gasteiger partial charge in [0.2, 0.25) is 0 Å². The van der Waals surface area contributed by atoms with Gasteiger partial charge in [0.25, 0.3) is 11.8 Å². The number of amides is 2. The van der Waals surface area contributed by atoms with Crippen LogP contribution < -0.4 is 10.2 Å². The summed E-state index contributed by atoms with van der Waals surface area (Å²) in [6, 6.07) is 12.6. The number of imide groups is 1. The molecule has 2 amide bonds. The minimum Gasteiger partial charge on any atom is -0.462 e. The number of benzene rings is 2. The number of ether oxygens (including phenoxy) is 2. The summed E-state index contributed by atoms with van der Waals surface area (Å²) in [4.78, 5) is 50.4. The van der Waals surface area contributed by atoms with E-state index in [0.29, 0.717) is 35.7 Å². The van der Waals surface area contributed by atoms with Crippen molar-refractivity contribution in [2.24, 2.45) is 0 Å². The van der Waals surface area contributed by atoms with Crippen molar-refractivity contribution in [2.45, 2.75) is 39.5 Å². The lowest BCUT2D eigenvalue weighted by molar-refractivity contribution is -0.120. The highest BCUT2D eigenvalue weighted by Crippen LogP contribution is 2.24. The summed E-state index contributed by atoms with van der Waals surface area (Å²) in [5, 5.41) is 2.92. The molecule has 3 rings (SSSR count). The Kier molecular flexibility index (Phi) is 8.56. The zero-order valence-electron chi connectivity index (χ0n) is 19.3. The fourth-order valence-electron chi connectivity index (χ4n) is 3.18. The Hall–Kier alpha value is -3.94. The van der Waals surface area contributed by atoms with E-state index in [9.17, 15) is 19.2 Å². The number of unbranched alkanes of at least 4 members (excludes halogenated alkanes) is 2. The van der Waals surface area contributed by atoms with Gasteiger partial charge in [0.15, 0.2) is 0 Å². The molecule has 2 aromatic carbocycles. The Morgan fingerprint density at radius 1 is 0.794 bits per heavy atom. The van der Waals surface area contributed by atoms with Gasteiger partial charge in [-0.1, -0.05) is 26.7 Å². The van der Waals surface area contributed by atoms with E-state index in [-0.39, 0.29) is 5.70 Å². The smallest absolute Gasteiger partial charge is 0.338 e. The van der Waals surface area contributed by atoms with Crippen LogP contribution in [0.3, 0.4) is 0 Å². The van der Waals surface area contributed by atoms with Gasteiger partial charge in [0, 0.05) is 11.8 Å². The highest BCUT2D eigenvalue weighted by Gasteiger charge is 2.32. The molecular formula is C26H28N2O6. The summed E-state index contributed by atoms with van der Waals surface area (Å²) in [7, 11) is 0. The fraction of sp³-hybridized carbons (Fsp3) is 0.308. The van der Waals surface area contributed by atoms with Crippen molar-refractivity contribution in [3.05, 3.63) is 71.4 Å². The molecule has 34 heavy (non-hydrogen) atoms. The molecule has 0 saturated carbocycles. The highest BCUT2D eigenvalue weighted by molar-refractivity contribution is 6.31. The van der Waals surface area contributed by atoms with Gasteiger partial charge in [-0.15, -0.1) is 0 Å². The largest absolute Gasteiger partial charge is 0.462 e. The molecule has 1 aliphatic heterocycles. The second-order valence-electron chi connectivity index (χ2n) is 7.76. The van der Waals surface area contributed by atoms with Gasteiger partial charge in [0.05, 0.1) is 30.0 Å². The number of nitrogens with one attached hydrogen (secondary N) is 1. The average Bonchev–Trinajstić information content (AvgIpc) is 3.12. The van der Waals surface area contributed by atoms with Crippen molar-refractivity contribution in [1.29, 1.82) is 0 Å². The molecule has 0 atom stereocenters. The number of nitrogens with zero attached hydrogens (tertiary/aromatic N) is 1. The minimum atomic E-state index is -0.522. The maximum Gasteiger partial charge on any atom is 0.338 e. The number of esters is 2. The van der Waals surface area contributed by atoms with Gasteiger partial charge in [-0.25, -0.2) is 14.5 Å². The summed E-state index contributed by atoms with van der Waals surface area (Å²) in [5.41, 5.74) is 1.74. The van der Waals surface area contributed by atoms with E-state index in [2.05, 4.69) is 5.32 Å². The summed E-state index contributed by atoms with van der Waals surface area (Å²) in [6.45, 7) is 4.74. The van der Waals surface area contributed by atoms with Gasteiger partial charge in [0.1, 0.15) is 5.70 Å². The van der Waals surface area contributed by atoms with E-state index in [1.807, 2.05) is 13.8 Å². The predicted molar refractivity (Wildman–Crippen MR) is 127 cm³/mol. The Morgan fingerprint density at radius 2 is 1.29 bits per heavy atom.